The van der Waals surface area contributed by atoms with Crippen LogP contribution in [0.5, 0.6) is 5.75 Å². The van der Waals surface area contributed by atoms with Crippen molar-refractivity contribution in [3.63, 3.8) is 0 Å². The van der Waals surface area contributed by atoms with Crippen LogP contribution in [0.4, 0.5) is 0 Å². The number of aromatic hydroxyl groups is 1. The molecule has 0 fully saturated rings. The number of para-hydroxylation sites is 1. The molecule has 0 amide bonds. The van der Waals surface area contributed by atoms with Crippen LogP contribution in [0, 0.1) is 33.8 Å². The second kappa shape index (κ2) is 15.1. The Morgan fingerprint density at radius 2 is 1.42 bits per heavy atom. The molecule has 10 aromatic rings. The molecule has 0 unspecified atom stereocenters. The number of rotatable bonds is 5. The van der Waals surface area contributed by atoms with E-state index in [1.54, 1.807) is 0 Å². The zero-order valence-electron chi connectivity index (χ0n) is 39.2. The summed E-state index contributed by atoms with van der Waals surface area (Å²) in [5, 5.41) is 16.0. The Labute approximate surface area is 393 Å². The molecule has 0 bridgehead atoms. The van der Waals surface area contributed by atoms with Crippen molar-refractivity contribution in [2.45, 2.75) is 97.3 Å². The summed E-state index contributed by atoms with van der Waals surface area (Å²) >= 11 is -2.32. The van der Waals surface area contributed by atoms with Crippen molar-refractivity contribution in [1.82, 2.24) is 23.9 Å². The smallest absolute Gasteiger partial charge is 0.00634 e. The van der Waals surface area contributed by atoms with Crippen molar-refractivity contribution >= 4 is 66.9 Å². The fraction of sp³-hybridized carbons (Fsp3) is 0.268. The summed E-state index contributed by atoms with van der Waals surface area (Å²) in [6.07, 6.45) is 2.15. The molecule has 4 heterocycles. The third-order valence-corrected chi connectivity index (χ3v) is 17.3. The molecule has 0 aliphatic heterocycles. The molecule has 0 atom stereocenters. The van der Waals surface area contributed by atoms with Crippen LogP contribution < -0.4 is 4.40 Å². The fourth-order valence-corrected chi connectivity index (χ4v) is 13.1. The molecule has 6 nitrogen and oxygen atoms in total. The number of imidazole rings is 2. The molecule has 1 N–H and O–H groups in total. The Morgan fingerprint density at radius 3 is 2.11 bits per heavy atom. The van der Waals surface area contributed by atoms with Gasteiger partial charge in [0.25, 0.3) is 0 Å². The van der Waals surface area contributed by atoms with Gasteiger partial charge < -0.3 is 5.11 Å². The normalized spacial score (nSPS) is 12.7. The topological polar surface area (TPSA) is 68.2 Å². The largest absolute Gasteiger partial charge is 0.0622 e. The average Bonchev–Trinajstić information content (AvgIpc) is 3.76. The number of hydrogen-bond acceptors (Lipinski definition) is 4. The van der Waals surface area contributed by atoms with Crippen molar-refractivity contribution in [2.75, 3.05) is 0 Å². The zero-order valence-corrected chi connectivity index (χ0v) is 43.6. The molecule has 10 rings (SSSR count). The number of aromatic nitrogens is 5. The van der Waals surface area contributed by atoms with Gasteiger partial charge in [-0.3, -0.25) is 0 Å². The summed E-state index contributed by atoms with van der Waals surface area (Å²) in [7, 11) is 0. The first-order valence-corrected chi connectivity index (χ1v) is 29.5. The summed E-state index contributed by atoms with van der Waals surface area (Å²) in [6.45, 7) is 21.9. The second-order valence-electron chi connectivity index (χ2n) is 20.9. The number of benzene rings is 6. The van der Waals surface area contributed by atoms with Crippen LogP contribution in [0.3, 0.4) is 0 Å². The van der Waals surface area contributed by atoms with Crippen molar-refractivity contribution < 1.29 is 26.2 Å². The molecule has 6 aromatic carbocycles. The van der Waals surface area contributed by atoms with Crippen molar-refractivity contribution in [2.24, 2.45) is 0 Å². The minimum absolute atomic E-state index is 0. The molecular formula is C56H56GeN5OPt-. The van der Waals surface area contributed by atoms with E-state index >= 15 is 0 Å². The van der Waals surface area contributed by atoms with E-state index in [4.69, 9.17) is 15.0 Å². The van der Waals surface area contributed by atoms with Gasteiger partial charge in [0.2, 0.25) is 0 Å². The average molecular weight is 1080 g/mol. The maximum absolute atomic E-state index is 12.5. The SMILES string of the molecule is Cc1cc(C)c(-n2c(-c3cc(C(C)(C)C)cc(C(C)(C)C)c3O)nc3c(-c4[c-]c5c6nc[c]([Ge]([CH3])([CH3])[CH3])c7ccc8nc(C)n(c5c(C)c4)c8c76)cccc32)c(-c2ccccc2)c1.[Pt]. The number of phenols is 1. The monoisotopic (exact) mass is 1080 g/mol. The molecule has 8 heteroatoms. The Morgan fingerprint density at radius 1 is 0.688 bits per heavy atom. The van der Waals surface area contributed by atoms with Gasteiger partial charge in [0, 0.05) is 32.2 Å². The summed E-state index contributed by atoms with van der Waals surface area (Å²) in [5.74, 6) is 9.23. The van der Waals surface area contributed by atoms with E-state index in [9.17, 15) is 5.11 Å². The molecular weight excluding hydrogens is 1030 g/mol. The standard InChI is InChI=1S/C56H56GeN5O.Pt/c1-31-24-32(2)50(40(25-31)35-18-15-14-16-19-35)62-46-21-17-20-38(48(46)60-54(62)42-28-37(55(5,6)7)29-43(53(42)63)56(8,9)10)36-26-33(3)51-41(27-36)49-47-39(44(30-58-49)57(11,12)13)22-23-45-52(47)61(51)34(4)59-45;/h14-26,28-30,63H,1-13H3;/q-1;. The van der Waals surface area contributed by atoms with Crippen LogP contribution in [0.1, 0.15) is 75.2 Å². The molecule has 4 aromatic heterocycles. The van der Waals surface area contributed by atoms with Crippen LogP contribution >= 0.6 is 0 Å². The minimum Gasteiger partial charge on any atom is -0.0622 e. The van der Waals surface area contributed by atoms with E-state index in [0.29, 0.717) is 11.4 Å². The van der Waals surface area contributed by atoms with Gasteiger partial charge in [-0.25, -0.2) is 0 Å². The molecule has 64 heavy (non-hydrogen) atoms. The van der Waals surface area contributed by atoms with Gasteiger partial charge >= 0.3 is 210 Å². The number of pyridine rings is 2. The van der Waals surface area contributed by atoms with Crippen LogP contribution in [0.15, 0.2) is 97.2 Å². The molecule has 0 aliphatic rings. The summed E-state index contributed by atoms with van der Waals surface area (Å²) < 4.78 is 6.04. The van der Waals surface area contributed by atoms with Gasteiger partial charge in [0.15, 0.2) is 0 Å². The molecule has 326 valence electrons. The van der Waals surface area contributed by atoms with Crippen molar-refractivity contribution in [3.8, 4) is 45.1 Å². The van der Waals surface area contributed by atoms with Gasteiger partial charge in [0.05, 0.1) is 0 Å². The number of fused-ring (bicyclic) bond motifs is 4. The molecule has 0 radical (unpaired) electrons. The summed E-state index contributed by atoms with van der Waals surface area (Å²) in [6, 6.07) is 36.7. The minimum atomic E-state index is -2.32. The zero-order chi connectivity index (χ0) is 44.7. The first kappa shape index (κ1) is 43.9. The third-order valence-electron chi connectivity index (χ3n) is 13.1. The van der Waals surface area contributed by atoms with Crippen LogP contribution in [-0.2, 0) is 31.9 Å². The predicted molar refractivity (Wildman–Crippen MR) is 267 cm³/mol. The second-order valence-corrected chi connectivity index (χ2v) is 31.5. The van der Waals surface area contributed by atoms with Gasteiger partial charge in [-0.1, -0.05) is 89.6 Å². The summed E-state index contributed by atoms with van der Waals surface area (Å²) in [5.41, 5.74) is 16.8. The van der Waals surface area contributed by atoms with E-state index in [0.717, 1.165) is 94.5 Å². The Balaban J connectivity index is 0.00000518. The van der Waals surface area contributed by atoms with Gasteiger partial charge in [-0.05, 0) is 53.5 Å². The van der Waals surface area contributed by atoms with Gasteiger partial charge in [-0.2, -0.15) is 0 Å². The van der Waals surface area contributed by atoms with E-state index in [2.05, 4.69) is 199 Å². The van der Waals surface area contributed by atoms with Crippen molar-refractivity contribution in [3.05, 3.63) is 137 Å². The number of phenolic OH excluding ortho intramolecular Hbond substituents is 1. The first-order valence-electron chi connectivity index (χ1n) is 22.2. The molecule has 0 saturated heterocycles. The van der Waals surface area contributed by atoms with E-state index < -0.39 is 13.3 Å². The number of aryl methyl sites for hydroxylation is 4. The van der Waals surface area contributed by atoms with Crippen LogP contribution in [0.2, 0.25) is 17.3 Å². The maximum atomic E-state index is 12.5. The first-order chi connectivity index (χ1) is 29.7. The Hall–Kier alpha value is -5.30. The molecule has 0 spiro atoms. The quantitative estimate of drug-likeness (QED) is 0.0807. The number of nitrogens with zero attached hydrogens (tertiary/aromatic N) is 5. The maximum Gasteiger partial charge on any atom is 0.00634 e. The van der Waals surface area contributed by atoms with Gasteiger partial charge in [0.1, 0.15) is 5.75 Å². The molecule has 0 aliphatic carbocycles. The van der Waals surface area contributed by atoms with Gasteiger partial charge in [-0.15, -0.1) is 0 Å². The van der Waals surface area contributed by atoms with E-state index in [1.165, 1.54) is 20.7 Å². The van der Waals surface area contributed by atoms with E-state index in [-0.39, 0.29) is 37.6 Å². The van der Waals surface area contributed by atoms with E-state index in [1.807, 2.05) is 0 Å². The number of hydrogen-bond donors (Lipinski definition) is 1. The summed E-state index contributed by atoms with van der Waals surface area (Å²) in [4.78, 5) is 16.1. The third kappa shape index (κ3) is 6.81. The van der Waals surface area contributed by atoms with Crippen LogP contribution in [-0.4, -0.2) is 42.3 Å². The Kier molecular flexibility index (Phi) is 10.4. The molecule has 0 saturated carbocycles. The predicted octanol–water partition coefficient (Wildman–Crippen LogP) is 13.8. The Bertz CT molecular complexity index is 3510. The van der Waals surface area contributed by atoms with Crippen molar-refractivity contribution in [1.29, 1.82) is 0 Å². The van der Waals surface area contributed by atoms with Crippen LogP contribution in [0.25, 0.3) is 88.6 Å². The fourth-order valence-electron chi connectivity index (χ4n) is 10.0.